The van der Waals surface area contributed by atoms with E-state index < -0.39 is 0 Å². The Morgan fingerprint density at radius 2 is 1.81 bits per heavy atom. The molecule has 2 unspecified atom stereocenters. The molecule has 2 atom stereocenters. The molecule has 0 saturated heterocycles. The first-order valence-electron chi connectivity index (χ1n) is 12.4. The molecule has 0 bridgehead atoms. The van der Waals surface area contributed by atoms with Crippen molar-refractivity contribution >= 4 is 33.9 Å². The topological polar surface area (TPSA) is 40.6 Å². The molecular weight excluding hydrogens is 471 g/mol. The number of carbonyl (C=O) groups is 2. The Morgan fingerprint density at radius 1 is 1.06 bits per heavy atom. The van der Waals surface area contributed by atoms with E-state index in [-0.39, 0.29) is 36.3 Å². The summed E-state index contributed by atoms with van der Waals surface area (Å²) in [6, 6.07) is 21.7. The monoisotopic (exact) mass is 500 g/mol. The highest BCUT2D eigenvalue weighted by molar-refractivity contribution is 7.10. The number of amides is 2. The molecule has 0 N–H and O–H groups in total. The Balaban J connectivity index is 1.45. The van der Waals surface area contributed by atoms with E-state index in [0.29, 0.717) is 12.1 Å². The lowest BCUT2D eigenvalue weighted by Crippen LogP contribution is -2.49. The van der Waals surface area contributed by atoms with Crippen molar-refractivity contribution in [1.82, 2.24) is 9.80 Å². The van der Waals surface area contributed by atoms with Crippen LogP contribution in [0.3, 0.4) is 0 Å². The molecule has 1 aliphatic heterocycles. The van der Waals surface area contributed by atoms with E-state index in [1.165, 1.54) is 17.0 Å². The first-order chi connectivity index (χ1) is 17.5. The lowest BCUT2D eigenvalue weighted by atomic mass is 9.93. The van der Waals surface area contributed by atoms with E-state index in [0.717, 1.165) is 34.7 Å². The van der Waals surface area contributed by atoms with Gasteiger partial charge in [0.15, 0.2) is 0 Å². The fraction of sp³-hybridized carbons (Fsp3) is 0.267. The van der Waals surface area contributed by atoms with Crippen LogP contribution in [-0.4, -0.2) is 40.7 Å². The molecular formula is C30H29FN2O2S. The van der Waals surface area contributed by atoms with Crippen LogP contribution in [0.25, 0.3) is 10.8 Å². The van der Waals surface area contributed by atoms with Crippen LogP contribution in [0.5, 0.6) is 0 Å². The van der Waals surface area contributed by atoms with Gasteiger partial charge in [0.05, 0.1) is 6.04 Å². The molecule has 4 nitrogen and oxygen atoms in total. The van der Waals surface area contributed by atoms with Gasteiger partial charge in [-0.25, -0.2) is 4.39 Å². The van der Waals surface area contributed by atoms with E-state index in [9.17, 15) is 14.0 Å². The normalized spacial score (nSPS) is 16.0. The van der Waals surface area contributed by atoms with Crippen molar-refractivity contribution in [3.63, 3.8) is 0 Å². The van der Waals surface area contributed by atoms with Crippen molar-refractivity contribution in [2.75, 3.05) is 13.1 Å². The standard InChI is InChI=1S/C30H29FN2O2S/c1-3-20(2)33(30(35)24-9-8-21-6-4-5-7-23(21)18-24)19-28(34)32-16-14-27-26(15-17-36-27)29(32)22-10-12-25(31)13-11-22/h4-13,15,17-18,20,29H,3,14,16,19H2,1-2H3. The van der Waals surface area contributed by atoms with Crippen LogP contribution < -0.4 is 0 Å². The summed E-state index contributed by atoms with van der Waals surface area (Å²) < 4.78 is 13.7. The van der Waals surface area contributed by atoms with Crippen LogP contribution in [0.1, 0.15) is 52.7 Å². The molecule has 5 rings (SSSR count). The third-order valence-electron chi connectivity index (χ3n) is 7.16. The van der Waals surface area contributed by atoms with E-state index in [2.05, 4.69) is 6.07 Å². The Morgan fingerprint density at radius 3 is 2.56 bits per heavy atom. The summed E-state index contributed by atoms with van der Waals surface area (Å²) in [7, 11) is 0. The van der Waals surface area contributed by atoms with Crippen LogP contribution in [0.2, 0.25) is 0 Å². The van der Waals surface area contributed by atoms with Crippen LogP contribution in [-0.2, 0) is 11.2 Å². The minimum atomic E-state index is -0.304. The molecule has 0 fully saturated rings. The number of thiophene rings is 1. The molecule has 1 aromatic heterocycles. The van der Waals surface area contributed by atoms with Gasteiger partial charge in [0.1, 0.15) is 12.4 Å². The SMILES string of the molecule is CCC(C)N(CC(=O)N1CCc2sccc2C1c1ccc(F)cc1)C(=O)c1ccc2ccccc2c1. The largest absolute Gasteiger partial charge is 0.330 e. The summed E-state index contributed by atoms with van der Waals surface area (Å²) in [4.78, 5) is 32.3. The molecule has 3 aromatic carbocycles. The third-order valence-corrected chi connectivity index (χ3v) is 8.15. The van der Waals surface area contributed by atoms with Crippen molar-refractivity contribution in [1.29, 1.82) is 0 Å². The molecule has 184 valence electrons. The zero-order valence-corrected chi connectivity index (χ0v) is 21.3. The highest BCUT2D eigenvalue weighted by atomic mass is 32.1. The van der Waals surface area contributed by atoms with Crippen LogP contribution in [0.4, 0.5) is 4.39 Å². The molecule has 1 aliphatic rings. The van der Waals surface area contributed by atoms with E-state index in [1.54, 1.807) is 28.4 Å². The number of carbonyl (C=O) groups excluding carboxylic acids is 2. The molecule has 2 heterocycles. The van der Waals surface area contributed by atoms with Gasteiger partial charge in [-0.15, -0.1) is 11.3 Å². The quantitative estimate of drug-likeness (QED) is 0.305. The zero-order valence-electron chi connectivity index (χ0n) is 20.5. The maximum Gasteiger partial charge on any atom is 0.254 e. The van der Waals surface area contributed by atoms with Gasteiger partial charge in [-0.2, -0.15) is 0 Å². The summed E-state index contributed by atoms with van der Waals surface area (Å²) in [6.07, 6.45) is 1.51. The van der Waals surface area contributed by atoms with E-state index >= 15 is 0 Å². The van der Waals surface area contributed by atoms with Crippen molar-refractivity contribution in [2.45, 2.75) is 38.8 Å². The highest BCUT2D eigenvalue weighted by Gasteiger charge is 2.35. The summed E-state index contributed by atoms with van der Waals surface area (Å²) in [5.74, 6) is -0.549. The maximum atomic E-state index is 13.8. The second kappa shape index (κ2) is 10.2. The van der Waals surface area contributed by atoms with Crippen molar-refractivity contribution < 1.29 is 14.0 Å². The predicted molar refractivity (Wildman–Crippen MR) is 143 cm³/mol. The van der Waals surface area contributed by atoms with Crippen LogP contribution >= 0.6 is 11.3 Å². The number of hydrogen-bond donors (Lipinski definition) is 0. The number of halogens is 1. The van der Waals surface area contributed by atoms with Gasteiger partial charge in [-0.3, -0.25) is 9.59 Å². The number of benzene rings is 3. The minimum Gasteiger partial charge on any atom is -0.330 e. The van der Waals surface area contributed by atoms with Gasteiger partial charge in [0.2, 0.25) is 5.91 Å². The molecule has 0 saturated carbocycles. The Bertz CT molecular complexity index is 1400. The predicted octanol–water partition coefficient (Wildman–Crippen LogP) is 6.46. The molecule has 0 aliphatic carbocycles. The minimum absolute atomic E-state index is 0.00215. The molecule has 2 amide bonds. The lowest BCUT2D eigenvalue weighted by molar-refractivity contribution is -0.134. The van der Waals surface area contributed by atoms with Gasteiger partial charge in [0.25, 0.3) is 5.91 Å². The van der Waals surface area contributed by atoms with Gasteiger partial charge >= 0.3 is 0 Å². The first-order valence-corrected chi connectivity index (χ1v) is 13.2. The molecule has 0 radical (unpaired) electrons. The van der Waals surface area contributed by atoms with E-state index in [4.69, 9.17) is 0 Å². The molecule has 0 spiro atoms. The van der Waals surface area contributed by atoms with Gasteiger partial charge in [0, 0.05) is 23.0 Å². The summed E-state index contributed by atoms with van der Waals surface area (Å²) >= 11 is 1.69. The first kappa shape index (κ1) is 24.2. The summed E-state index contributed by atoms with van der Waals surface area (Å²) in [5.41, 5.74) is 2.54. The fourth-order valence-electron chi connectivity index (χ4n) is 4.96. The molecule has 36 heavy (non-hydrogen) atoms. The Kier molecular flexibility index (Phi) is 6.88. The zero-order chi connectivity index (χ0) is 25.2. The highest BCUT2D eigenvalue weighted by Crippen LogP contribution is 2.38. The Hall–Kier alpha value is -3.51. The van der Waals surface area contributed by atoms with Crippen LogP contribution in [0.15, 0.2) is 78.2 Å². The van der Waals surface area contributed by atoms with Gasteiger partial charge < -0.3 is 9.80 Å². The summed E-state index contributed by atoms with van der Waals surface area (Å²) in [5, 5.41) is 4.11. The fourth-order valence-corrected chi connectivity index (χ4v) is 5.87. The lowest BCUT2D eigenvalue weighted by Gasteiger charge is -2.38. The van der Waals surface area contributed by atoms with Crippen molar-refractivity contribution in [3.8, 4) is 0 Å². The second-order valence-corrected chi connectivity index (χ2v) is 10.3. The second-order valence-electron chi connectivity index (χ2n) is 9.34. The number of nitrogens with zero attached hydrogens (tertiary/aromatic N) is 2. The maximum absolute atomic E-state index is 13.8. The smallest absolute Gasteiger partial charge is 0.254 e. The number of hydrogen-bond acceptors (Lipinski definition) is 3. The van der Waals surface area contributed by atoms with Crippen LogP contribution in [0, 0.1) is 5.82 Å². The average molecular weight is 501 g/mol. The number of rotatable bonds is 6. The van der Waals surface area contributed by atoms with E-state index in [1.807, 2.05) is 66.6 Å². The third kappa shape index (κ3) is 4.65. The summed E-state index contributed by atoms with van der Waals surface area (Å²) in [6.45, 7) is 4.57. The average Bonchev–Trinajstić information content (AvgIpc) is 3.39. The molecule has 4 aromatic rings. The van der Waals surface area contributed by atoms with Crippen molar-refractivity contribution in [3.05, 3.63) is 106 Å². The number of fused-ring (bicyclic) bond motifs is 2. The van der Waals surface area contributed by atoms with Gasteiger partial charge in [-0.1, -0.05) is 49.4 Å². The molecule has 6 heteroatoms. The van der Waals surface area contributed by atoms with Gasteiger partial charge in [-0.05, 0) is 77.4 Å². The Labute approximate surface area is 215 Å². The van der Waals surface area contributed by atoms with Crippen molar-refractivity contribution in [2.24, 2.45) is 0 Å².